The molecule has 2 N–H and O–H groups in total. The molecule has 0 aromatic rings. The summed E-state index contributed by atoms with van der Waals surface area (Å²) in [5.41, 5.74) is 5.75. The number of nitrogens with zero attached hydrogens (tertiary/aromatic N) is 1. The van der Waals surface area contributed by atoms with Crippen LogP contribution in [-0.2, 0) is 4.79 Å². The van der Waals surface area contributed by atoms with Crippen molar-refractivity contribution in [2.24, 2.45) is 11.7 Å². The number of hydrogen-bond acceptors (Lipinski definition) is 2. The highest BCUT2D eigenvalue weighted by molar-refractivity contribution is 5.85. The van der Waals surface area contributed by atoms with E-state index in [9.17, 15) is 4.79 Å². The maximum absolute atomic E-state index is 12.2. The van der Waals surface area contributed by atoms with Crippen LogP contribution in [-0.4, -0.2) is 29.4 Å². The molecule has 0 spiro atoms. The van der Waals surface area contributed by atoms with Crippen LogP contribution in [0.4, 0.5) is 0 Å². The van der Waals surface area contributed by atoms with E-state index >= 15 is 0 Å². The van der Waals surface area contributed by atoms with E-state index in [1.807, 2.05) is 6.92 Å². The summed E-state index contributed by atoms with van der Waals surface area (Å²) in [7, 11) is 0. The van der Waals surface area contributed by atoms with E-state index in [-0.39, 0.29) is 24.4 Å². The van der Waals surface area contributed by atoms with Gasteiger partial charge in [0.2, 0.25) is 5.91 Å². The van der Waals surface area contributed by atoms with Gasteiger partial charge in [-0.1, -0.05) is 32.1 Å². The fourth-order valence-corrected chi connectivity index (χ4v) is 3.76. The molecule has 2 aliphatic rings. The van der Waals surface area contributed by atoms with E-state index in [0.717, 1.165) is 12.5 Å². The first-order valence-corrected chi connectivity index (χ1v) is 8.22. The first kappa shape index (κ1) is 17.8. The summed E-state index contributed by atoms with van der Waals surface area (Å²) in [4.78, 5) is 14.3. The molecule has 1 heterocycles. The van der Waals surface area contributed by atoms with Crippen LogP contribution in [0.3, 0.4) is 0 Å². The van der Waals surface area contributed by atoms with Gasteiger partial charge in [-0.2, -0.15) is 0 Å². The van der Waals surface area contributed by atoms with Crippen molar-refractivity contribution in [2.45, 2.75) is 83.2 Å². The SMILES string of the molecule is CC(N)CC(=O)N1CCCC1CCC1CCCCC1.Cl. The van der Waals surface area contributed by atoms with E-state index in [4.69, 9.17) is 5.73 Å². The zero-order valence-electron chi connectivity index (χ0n) is 12.9. The molecule has 0 aromatic carbocycles. The number of carbonyl (C=O) groups excluding carboxylic acids is 1. The average Bonchev–Trinajstić information content (AvgIpc) is 2.85. The van der Waals surface area contributed by atoms with E-state index < -0.39 is 0 Å². The number of carbonyl (C=O) groups is 1. The lowest BCUT2D eigenvalue weighted by molar-refractivity contribution is -0.132. The van der Waals surface area contributed by atoms with Gasteiger partial charge in [-0.15, -0.1) is 12.4 Å². The molecular formula is C16H31ClN2O. The highest BCUT2D eigenvalue weighted by Crippen LogP contribution is 2.30. The Labute approximate surface area is 130 Å². The van der Waals surface area contributed by atoms with E-state index in [2.05, 4.69) is 4.90 Å². The van der Waals surface area contributed by atoms with Gasteiger partial charge < -0.3 is 10.6 Å². The van der Waals surface area contributed by atoms with Crippen molar-refractivity contribution in [1.82, 2.24) is 4.90 Å². The van der Waals surface area contributed by atoms with Crippen molar-refractivity contribution in [3.63, 3.8) is 0 Å². The molecule has 0 aromatic heterocycles. The Bertz CT molecular complexity index is 290. The second-order valence-corrected chi connectivity index (χ2v) is 6.65. The molecule has 2 rings (SSSR count). The molecule has 1 saturated carbocycles. The Balaban J connectivity index is 0.00000200. The number of likely N-dealkylation sites (tertiary alicyclic amines) is 1. The summed E-state index contributed by atoms with van der Waals surface area (Å²) >= 11 is 0. The van der Waals surface area contributed by atoms with Crippen LogP contribution in [0.1, 0.15) is 71.1 Å². The molecule has 1 aliphatic heterocycles. The molecular weight excluding hydrogens is 272 g/mol. The van der Waals surface area contributed by atoms with Crippen molar-refractivity contribution in [1.29, 1.82) is 0 Å². The molecule has 3 nitrogen and oxygen atoms in total. The lowest BCUT2D eigenvalue weighted by atomic mass is 9.85. The molecule has 1 amide bonds. The number of nitrogens with two attached hydrogens (primary N) is 1. The summed E-state index contributed by atoms with van der Waals surface area (Å²) in [6, 6.07) is 0.500. The van der Waals surface area contributed by atoms with Crippen molar-refractivity contribution >= 4 is 18.3 Å². The Hall–Kier alpha value is -0.280. The third-order valence-electron chi connectivity index (χ3n) is 4.83. The van der Waals surface area contributed by atoms with Gasteiger partial charge in [0.05, 0.1) is 0 Å². The van der Waals surface area contributed by atoms with E-state index in [1.165, 1.54) is 57.8 Å². The topological polar surface area (TPSA) is 46.3 Å². The molecule has 118 valence electrons. The number of hydrogen-bond donors (Lipinski definition) is 1. The summed E-state index contributed by atoms with van der Waals surface area (Å²) < 4.78 is 0. The molecule has 0 radical (unpaired) electrons. The van der Waals surface area contributed by atoms with Crippen LogP contribution in [0.5, 0.6) is 0 Å². The largest absolute Gasteiger partial charge is 0.340 e. The lowest BCUT2D eigenvalue weighted by Gasteiger charge is -2.28. The maximum Gasteiger partial charge on any atom is 0.224 e. The minimum Gasteiger partial charge on any atom is -0.340 e. The van der Waals surface area contributed by atoms with E-state index in [1.54, 1.807) is 0 Å². The van der Waals surface area contributed by atoms with Crippen LogP contribution in [0, 0.1) is 5.92 Å². The molecule has 2 fully saturated rings. The predicted molar refractivity (Wildman–Crippen MR) is 86.1 cm³/mol. The average molecular weight is 303 g/mol. The van der Waals surface area contributed by atoms with Crippen LogP contribution < -0.4 is 5.73 Å². The van der Waals surface area contributed by atoms with Crippen molar-refractivity contribution < 1.29 is 4.79 Å². The summed E-state index contributed by atoms with van der Waals surface area (Å²) in [5, 5.41) is 0. The predicted octanol–water partition coefficient (Wildman–Crippen LogP) is 3.50. The van der Waals surface area contributed by atoms with Crippen LogP contribution in [0.2, 0.25) is 0 Å². The molecule has 2 unspecified atom stereocenters. The summed E-state index contributed by atoms with van der Waals surface area (Å²) in [6.45, 7) is 2.88. The van der Waals surface area contributed by atoms with Gasteiger partial charge in [-0.05, 0) is 38.5 Å². The Morgan fingerprint density at radius 1 is 1.15 bits per heavy atom. The summed E-state index contributed by atoms with van der Waals surface area (Å²) in [6.07, 6.45) is 12.5. The second kappa shape index (κ2) is 8.89. The molecule has 2 atom stereocenters. The molecule has 0 bridgehead atoms. The highest BCUT2D eigenvalue weighted by atomic mass is 35.5. The molecule has 1 aliphatic carbocycles. The monoisotopic (exact) mass is 302 g/mol. The first-order valence-electron chi connectivity index (χ1n) is 8.22. The number of rotatable bonds is 5. The minimum absolute atomic E-state index is 0. The van der Waals surface area contributed by atoms with Crippen LogP contribution in [0.15, 0.2) is 0 Å². The lowest BCUT2D eigenvalue weighted by Crippen LogP contribution is -2.38. The number of halogens is 1. The zero-order valence-corrected chi connectivity index (χ0v) is 13.7. The summed E-state index contributed by atoms with van der Waals surface area (Å²) in [5.74, 6) is 1.21. The van der Waals surface area contributed by atoms with Gasteiger partial charge in [0, 0.05) is 25.0 Å². The highest BCUT2D eigenvalue weighted by Gasteiger charge is 2.29. The van der Waals surface area contributed by atoms with Gasteiger partial charge in [0.1, 0.15) is 0 Å². The van der Waals surface area contributed by atoms with Crippen molar-refractivity contribution in [2.75, 3.05) is 6.54 Å². The van der Waals surface area contributed by atoms with Gasteiger partial charge in [-0.3, -0.25) is 4.79 Å². The Morgan fingerprint density at radius 3 is 2.50 bits per heavy atom. The zero-order chi connectivity index (χ0) is 13.7. The van der Waals surface area contributed by atoms with Crippen LogP contribution >= 0.6 is 12.4 Å². The minimum atomic E-state index is -0.00732. The fourth-order valence-electron chi connectivity index (χ4n) is 3.76. The fraction of sp³-hybridized carbons (Fsp3) is 0.938. The third kappa shape index (κ3) is 5.25. The number of amides is 1. The second-order valence-electron chi connectivity index (χ2n) is 6.65. The van der Waals surface area contributed by atoms with Crippen molar-refractivity contribution in [3.05, 3.63) is 0 Å². The van der Waals surface area contributed by atoms with Crippen LogP contribution in [0.25, 0.3) is 0 Å². The quantitative estimate of drug-likeness (QED) is 0.845. The standard InChI is InChI=1S/C16H30N2O.ClH/c1-13(17)12-16(19)18-11-5-8-15(18)10-9-14-6-3-2-4-7-14;/h13-15H,2-12,17H2,1H3;1H. The van der Waals surface area contributed by atoms with Gasteiger partial charge in [0.15, 0.2) is 0 Å². The maximum atomic E-state index is 12.2. The van der Waals surface area contributed by atoms with Gasteiger partial charge >= 0.3 is 0 Å². The van der Waals surface area contributed by atoms with E-state index in [0.29, 0.717) is 12.5 Å². The molecule has 1 saturated heterocycles. The van der Waals surface area contributed by atoms with Gasteiger partial charge in [0.25, 0.3) is 0 Å². The Morgan fingerprint density at radius 2 is 1.85 bits per heavy atom. The normalized spacial score (nSPS) is 25.3. The third-order valence-corrected chi connectivity index (χ3v) is 4.83. The van der Waals surface area contributed by atoms with Crippen molar-refractivity contribution in [3.8, 4) is 0 Å². The molecule has 4 heteroatoms. The molecule has 20 heavy (non-hydrogen) atoms. The first-order chi connectivity index (χ1) is 9.16. The van der Waals surface area contributed by atoms with Gasteiger partial charge in [-0.25, -0.2) is 0 Å². The smallest absolute Gasteiger partial charge is 0.224 e. The Kier molecular flexibility index (Phi) is 7.90.